The Kier molecular flexibility index (Phi) is 4.10. The lowest BCUT2D eigenvalue weighted by atomic mass is 9.92. The van der Waals surface area contributed by atoms with E-state index in [1.807, 2.05) is 18.2 Å². The highest BCUT2D eigenvalue weighted by Crippen LogP contribution is 2.47. The van der Waals surface area contributed by atoms with Gasteiger partial charge < -0.3 is 4.90 Å². The van der Waals surface area contributed by atoms with Crippen molar-refractivity contribution in [1.29, 1.82) is 0 Å². The molecule has 24 heavy (non-hydrogen) atoms. The molecular weight excluding hydrogens is 306 g/mol. The molecule has 2 nitrogen and oxygen atoms in total. The van der Waals surface area contributed by atoms with Gasteiger partial charge >= 0.3 is 0 Å². The average molecular weight is 328 g/mol. The van der Waals surface area contributed by atoms with Crippen molar-refractivity contribution >= 4 is 0 Å². The second-order valence-electron chi connectivity index (χ2n) is 6.94. The van der Waals surface area contributed by atoms with Crippen molar-refractivity contribution < 1.29 is 8.78 Å². The van der Waals surface area contributed by atoms with E-state index >= 15 is 0 Å². The average Bonchev–Trinajstić information content (AvgIpc) is 2.94. The van der Waals surface area contributed by atoms with Gasteiger partial charge in [-0.05, 0) is 48.4 Å². The number of rotatable bonds is 2. The molecule has 0 aromatic heterocycles. The highest BCUT2D eigenvalue weighted by molar-refractivity contribution is 5.45. The van der Waals surface area contributed by atoms with Crippen LogP contribution in [0.5, 0.6) is 0 Å². The summed E-state index contributed by atoms with van der Waals surface area (Å²) in [4.78, 5) is 4.74. The zero-order valence-corrected chi connectivity index (χ0v) is 13.9. The summed E-state index contributed by atoms with van der Waals surface area (Å²) in [7, 11) is 2.13. The molecule has 2 unspecified atom stereocenters. The van der Waals surface area contributed by atoms with Gasteiger partial charge in [-0.25, -0.2) is 8.78 Å². The molecule has 1 aliphatic heterocycles. The van der Waals surface area contributed by atoms with Crippen LogP contribution in [-0.4, -0.2) is 43.0 Å². The Bertz CT molecular complexity index is 738. The molecule has 4 rings (SSSR count). The number of hydrogen-bond acceptors (Lipinski definition) is 2. The van der Waals surface area contributed by atoms with Crippen LogP contribution in [0.4, 0.5) is 8.78 Å². The lowest BCUT2D eigenvalue weighted by Crippen LogP contribution is -2.45. The third-order valence-electron chi connectivity index (χ3n) is 5.50. The minimum absolute atomic E-state index is 0.00598. The van der Waals surface area contributed by atoms with E-state index < -0.39 is 0 Å². The van der Waals surface area contributed by atoms with E-state index in [0.717, 1.165) is 49.3 Å². The molecule has 0 spiro atoms. The Morgan fingerprint density at radius 2 is 1.62 bits per heavy atom. The van der Waals surface area contributed by atoms with Gasteiger partial charge in [-0.1, -0.05) is 24.3 Å². The highest BCUT2D eigenvalue weighted by atomic mass is 19.1. The van der Waals surface area contributed by atoms with E-state index in [0.29, 0.717) is 0 Å². The monoisotopic (exact) mass is 328 g/mol. The van der Waals surface area contributed by atoms with Crippen molar-refractivity contribution in [3.8, 4) is 0 Å². The molecule has 0 amide bonds. The fourth-order valence-corrected chi connectivity index (χ4v) is 4.16. The third kappa shape index (κ3) is 2.74. The summed E-state index contributed by atoms with van der Waals surface area (Å²) >= 11 is 0. The van der Waals surface area contributed by atoms with Crippen LogP contribution in [0, 0.1) is 11.6 Å². The van der Waals surface area contributed by atoms with Gasteiger partial charge in [0.25, 0.3) is 0 Å². The quantitative estimate of drug-likeness (QED) is 0.828. The fraction of sp³-hybridized carbons (Fsp3) is 0.400. The van der Waals surface area contributed by atoms with E-state index in [2.05, 4.69) is 16.8 Å². The SMILES string of the molecule is CN1CCN(C2CC(c3ccccc3F)c3ccc(F)cc32)CC1. The van der Waals surface area contributed by atoms with Gasteiger partial charge in [-0.3, -0.25) is 4.90 Å². The van der Waals surface area contributed by atoms with Gasteiger partial charge in [0.1, 0.15) is 11.6 Å². The molecule has 1 saturated heterocycles. The van der Waals surface area contributed by atoms with E-state index in [1.165, 1.54) is 12.1 Å². The van der Waals surface area contributed by atoms with Crippen LogP contribution in [0.25, 0.3) is 0 Å². The van der Waals surface area contributed by atoms with Crippen LogP contribution in [0.15, 0.2) is 42.5 Å². The molecule has 1 aliphatic carbocycles. The molecule has 0 radical (unpaired) electrons. The summed E-state index contributed by atoms with van der Waals surface area (Å²) < 4.78 is 28.2. The first-order valence-electron chi connectivity index (χ1n) is 8.60. The van der Waals surface area contributed by atoms with Crippen LogP contribution < -0.4 is 0 Å². The second-order valence-corrected chi connectivity index (χ2v) is 6.94. The van der Waals surface area contributed by atoms with Crippen LogP contribution in [0.1, 0.15) is 35.1 Å². The van der Waals surface area contributed by atoms with Gasteiger partial charge in [0.15, 0.2) is 0 Å². The molecule has 2 aromatic rings. The van der Waals surface area contributed by atoms with Crippen molar-refractivity contribution in [2.45, 2.75) is 18.4 Å². The molecule has 1 heterocycles. The number of likely N-dealkylation sites (N-methyl/N-ethyl adjacent to an activating group) is 1. The second kappa shape index (κ2) is 6.26. The summed E-state index contributed by atoms with van der Waals surface area (Å²) in [6.07, 6.45) is 0.823. The summed E-state index contributed by atoms with van der Waals surface area (Å²) in [5.74, 6) is -0.370. The van der Waals surface area contributed by atoms with Crippen molar-refractivity contribution in [3.05, 3.63) is 70.8 Å². The maximum absolute atomic E-state index is 14.3. The van der Waals surface area contributed by atoms with Gasteiger partial charge in [-0.2, -0.15) is 0 Å². The van der Waals surface area contributed by atoms with Crippen molar-refractivity contribution in [2.24, 2.45) is 0 Å². The number of piperazine rings is 1. The standard InChI is InChI=1S/C20H22F2N2/c1-23-8-10-24(11-9-23)20-13-17(16-4-2-3-5-19(16)22)15-7-6-14(21)12-18(15)20/h2-7,12,17,20H,8-11,13H2,1H3. The van der Waals surface area contributed by atoms with E-state index in [1.54, 1.807) is 12.1 Å². The Labute approximate surface area is 141 Å². The molecule has 2 aliphatic rings. The van der Waals surface area contributed by atoms with E-state index in [4.69, 9.17) is 0 Å². The van der Waals surface area contributed by atoms with Crippen molar-refractivity contribution in [3.63, 3.8) is 0 Å². The molecule has 0 bridgehead atoms. The lowest BCUT2D eigenvalue weighted by molar-refractivity contribution is 0.110. The Hall–Kier alpha value is -1.78. The summed E-state index contributed by atoms with van der Waals surface area (Å²) in [5.41, 5.74) is 2.83. The maximum Gasteiger partial charge on any atom is 0.127 e. The van der Waals surface area contributed by atoms with Gasteiger partial charge in [0.05, 0.1) is 0 Å². The van der Waals surface area contributed by atoms with Crippen LogP contribution in [-0.2, 0) is 0 Å². The van der Waals surface area contributed by atoms with Gasteiger partial charge in [-0.15, -0.1) is 0 Å². The first kappa shape index (κ1) is 15.7. The molecule has 126 valence electrons. The van der Waals surface area contributed by atoms with Gasteiger partial charge in [0.2, 0.25) is 0 Å². The summed E-state index contributed by atoms with van der Waals surface area (Å²) in [6.45, 7) is 3.99. The lowest BCUT2D eigenvalue weighted by Gasteiger charge is -2.37. The molecule has 0 saturated carbocycles. The van der Waals surface area contributed by atoms with Gasteiger partial charge in [0, 0.05) is 38.1 Å². The van der Waals surface area contributed by atoms with Crippen molar-refractivity contribution in [1.82, 2.24) is 9.80 Å². The van der Waals surface area contributed by atoms with E-state index in [9.17, 15) is 8.78 Å². The molecule has 2 atom stereocenters. The minimum Gasteiger partial charge on any atom is -0.304 e. The summed E-state index contributed by atoms with van der Waals surface area (Å²) in [5, 5.41) is 0. The Balaban J connectivity index is 1.71. The number of halogens is 2. The molecule has 1 fully saturated rings. The predicted molar refractivity (Wildman–Crippen MR) is 91.1 cm³/mol. The normalized spacial score (nSPS) is 25.0. The molecular formula is C20H22F2N2. The number of benzene rings is 2. The number of nitrogens with zero attached hydrogens (tertiary/aromatic N) is 2. The zero-order valence-electron chi connectivity index (χ0n) is 13.9. The Morgan fingerprint density at radius 3 is 2.38 bits per heavy atom. The largest absolute Gasteiger partial charge is 0.304 e. The number of hydrogen-bond donors (Lipinski definition) is 0. The first-order chi connectivity index (χ1) is 11.6. The third-order valence-corrected chi connectivity index (χ3v) is 5.50. The van der Waals surface area contributed by atoms with Crippen LogP contribution in [0.2, 0.25) is 0 Å². The topological polar surface area (TPSA) is 6.48 Å². The van der Waals surface area contributed by atoms with Crippen molar-refractivity contribution in [2.75, 3.05) is 33.2 Å². The Morgan fingerprint density at radius 1 is 0.875 bits per heavy atom. The smallest absolute Gasteiger partial charge is 0.127 e. The fourth-order valence-electron chi connectivity index (χ4n) is 4.16. The molecule has 2 aromatic carbocycles. The maximum atomic E-state index is 14.3. The first-order valence-corrected chi connectivity index (χ1v) is 8.60. The van der Waals surface area contributed by atoms with Crippen LogP contribution >= 0.6 is 0 Å². The highest BCUT2D eigenvalue weighted by Gasteiger charge is 2.37. The zero-order chi connectivity index (χ0) is 16.7. The van der Waals surface area contributed by atoms with Crippen LogP contribution in [0.3, 0.4) is 0 Å². The number of fused-ring (bicyclic) bond motifs is 1. The molecule has 4 heteroatoms. The van der Waals surface area contributed by atoms with E-state index in [-0.39, 0.29) is 23.6 Å². The molecule has 0 N–H and O–H groups in total. The predicted octanol–water partition coefficient (Wildman–Crippen LogP) is 3.79. The summed E-state index contributed by atoms with van der Waals surface area (Å²) in [6, 6.07) is 12.1. The minimum atomic E-state index is -0.206.